The van der Waals surface area contributed by atoms with E-state index < -0.39 is 0 Å². The van der Waals surface area contributed by atoms with Crippen LogP contribution in [0.5, 0.6) is 0 Å². The highest BCUT2D eigenvalue weighted by Gasteiger charge is 2.37. The molecule has 1 saturated heterocycles. The molecule has 0 aromatic heterocycles. The van der Waals surface area contributed by atoms with Gasteiger partial charge in [0.2, 0.25) is 0 Å². The number of allylic oxidation sites excluding steroid dienone is 6. The van der Waals surface area contributed by atoms with Crippen molar-refractivity contribution in [2.45, 2.75) is 33.6 Å². The molecule has 0 saturated carbocycles. The molecule has 2 aliphatic rings. The Labute approximate surface area is 103 Å². The first-order valence-corrected chi connectivity index (χ1v) is 6.36. The van der Waals surface area contributed by atoms with Crippen LogP contribution in [-0.2, 0) is 9.53 Å². The molecule has 2 heteroatoms. The first-order valence-electron chi connectivity index (χ1n) is 6.36. The van der Waals surface area contributed by atoms with Gasteiger partial charge < -0.3 is 4.74 Å². The lowest BCUT2D eigenvalue weighted by molar-refractivity contribution is -0.138. The number of fused-ring (bicyclic) bond motifs is 1. The molecular weight excluding hydrogens is 212 g/mol. The normalized spacial score (nSPS) is 35.5. The summed E-state index contributed by atoms with van der Waals surface area (Å²) in [5.41, 5.74) is 1.14. The van der Waals surface area contributed by atoms with Gasteiger partial charge in [0.25, 0.3) is 0 Å². The lowest BCUT2D eigenvalue weighted by Gasteiger charge is -2.15. The highest BCUT2D eigenvalue weighted by atomic mass is 16.5. The van der Waals surface area contributed by atoms with Crippen LogP contribution in [0, 0.1) is 17.8 Å². The Hall–Kier alpha value is -1.31. The van der Waals surface area contributed by atoms with E-state index in [0.717, 1.165) is 24.2 Å². The van der Waals surface area contributed by atoms with Gasteiger partial charge in [-0.1, -0.05) is 32.1 Å². The summed E-state index contributed by atoms with van der Waals surface area (Å²) in [7, 11) is 0. The van der Waals surface area contributed by atoms with E-state index in [9.17, 15) is 4.79 Å². The molecule has 1 fully saturated rings. The zero-order valence-electron chi connectivity index (χ0n) is 10.8. The number of hydrogen-bond donors (Lipinski definition) is 0. The summed E-state index contributed by atoms with van der Waals surface area (Å²) in [6.45, 7) is 6.23. The Kier molecular flexibility index (Phi) is 3.51. The Morgan fingerprint density at radius 3 is 2.82 bits per heavy atom. The van der Waals surface area contributed by atoms with Crippen LogP contribution >= 0.6 is 0 Å². The van der Waals surface area contributed by atoms with Gasteiger partial charge in [0, 0.05) is 5.92 Å². The zero-order chi connectivity index (χ0) is 12.4. The second-order valence-electron chi connectivity index (χ2n) is 5.21. The first kappa shape index (κ1) is 12.2. The van der Waals surface area contributed by atoms with Gasteiger partial charge >= 0.3 is 5.97 Å². The first-order chi connectivity index (χ1) is 8.08. The third-order valence-corrected chi connectivity index (χ3v) is 3.66. The molecule has 17 heavy (non-hydrogen) atoms. The third kappa shape index (κ3) is 2.68. The molecule has 1 heterocycles. The van der Waals surface area contributed by atoms with E-state index in [1.54, 1.807) is 0 Å². The van der Waals surface area contributed by atoms with Gasteiger partial charge in [-0.25, -0.2) is 0 Å². The van der Waals surface area contributed by atoms with Crippen LogP contribution in [0.3, 0.4) is 0 Å². The van der Waals surface area contributed by atoms with Crippen LogP contribution in [0.4, 0.5) is 0 Å². The van der Waals surface area contributed by atoms with Crippen LogP contribution < -0.4 is 0 Å². The van der Waals surface area contributed by atoms with Crippen molar-refractivity contribution in [1.82, 2.24) is 0 Å². The van der Waals surface area contributed by atoms with Gasteiger partial charge in [0.15, 0.2) is 0 Å². The Morgan fingerprint density at radius 2 is 2.06 bits per heavy atom. The standard InChI is InChI=1S/C15H20O2/c1-10-5-4-6-11(2)9-14-13(8-7-10)12(3)15(16)17-14/h4-6,9-10,12-13H,7-8H2,1-3H3/b5-4-,11-6?,14-9?/t10-,12?,13-/m0/s1. The van der Waals surface area contributed by atoms with E-state index in [0.29, 0.717) is 5.92 Å². The average molecular weight is 232 g/mol. The molecule has 0 N–H and O–H groups in total. The van der Waals surface area contributed by atoms with Crippen molar-refractivity contribution in [2.24, 2.45) is 17.8 Å². The van der Waals surface area contributed by atoms with Gasteiger partial charge in [0.1, 0.15) is 5.76 Å². The molecule has 1 aliphatic carbocycles. The summed E-state index contributed by atoms with van der Waals surface area (Å²) < 4.78 is 5.37. The van der Waals surface area contributed by atoms with Crippen molar-refractivity contribution in [3.63, 3.8) is 0 Å². The van der Waals surface area contributed by atoms with Gasteiger partial charge in [-0.15, -0.1) is 0 Å². The van der Waals surface area contributed by atoms with Crippen molar-refractivity contribution in [3.05, 3.63) is 35.6 Å². The van der Waals surface area contributed by atoms with Gasteiger partial charge in [0.05, 0.1) is 5.92 Å². The monoisotopic (exact) mass is 232 g/mol. The Balaban J connectivity index is 2.31. The van der Waals surface area contributed by atoms with E-state index in [-0.39, 0.29) is 17.8 Å². The SMILES string of the molecule is CC1=C/C=C\[C@H](C)CC[C@@H]2C(=C1)OC(=O)C2C. The van der Waals surface area contributed by atoms with E-state index in [4.69, 9.17) is 4.74 Å². The summed E-state index contributed by atoms with van der Waals surface area (Å²) in [5.74, 6) is 1.61. The molecule has 0 amide bonds. The molecule has 0 radical (unpaired) electrons. The van der Waals surface area contributed by atoms with Crippen molar-refractivity contribution in [3.8, 4) is 0 Å². The van der Waals surface area contributed by atoms with Crippen molar-refractivity contribution in [2.75, 3.05) is 0 Å². The van der Waals surface area contributed by atoms with Crippen LogP contribution in [-0.4, -0.2) is 5.97 Å². The zero-order valence-corrected chi connectivity index (χ0v) is 10.8. The van der Waals surface area contributed by atoms with E-state index >= 15 is 0 Å². The quantitative estimate of drug-likeness (QED) is 0.596. The predicted molar refractivity (Wildman–Crippen MR) is 68.1 cm³/mol. The molecule has 92 valence electrons. The summed E-state index contributed by atoms with van der Waals surface area (Å²) in [6.07, 6.45) is 10.5. The van der Waals surface area contributed by atoms with Crippen molar-refractivity contribution >= 4 is 5.97 Å². The number of hydrogen-bond acceptors (Lipinski definition) is 2. The second-order valence-corrected chi connectivity index (χ2v) is 5.21. The van der Waals surface area contributed by atoms with Crippen molar-refractivity contribution in [1.29, 1.82) is 0 Å². The number of carbonyl (C=O) groups is 1. The van der Waals surface area contributed by atoms with E-state index in [1.807, 2.05) is 19.9 Å². The van der Waals surface area contributed by atoms with Crippen molar-refractivity contribution < 1.29 is 9.53 Å². The fraction of sp³-hybridized carbons (Fsp3) is 0.533. The molecule has 2 nitrogen and oxygen atoms in total. The van der Waals surface area contributed by atoms with Crippen LogP contribution in [0.25, 0.3) is 0 Å². The molecule has 0 spiro atoms. The number of carbonyl (C=O) groups excluding carboxylic acids is 1. The lowest BCUT2D eigenvalue weighted by Crippen LogP contribution is -2.12. The summed E-state index contributed by atoms with van der Waals surface area (Å²) in [4.78, 5) is 11.6. The number of rotatable bonds is 0. The number of esters is 1. The van der Waals surface area contributed by atoms with Gasteiger partial charge in [-0.05, 0) is 37.3 Å². The highest BCUT2D eigenvalue weighted by Crippen LogP contribution is 2.36. The van der Waals surface area contributed by atoms with E-state index in [1.165, 1.54) is 0 Å². The van der Waals surface area contributed by atoms with Crippen LogP contribution in [0.15, 0.2) is 35.6 Å². The van der Waals surface area contributed by atoms with E-state index in [2.05, 4.69) is 25.2 Å². The summed E-state index contributed by atoms with van der Waals surface area (Å²) in [6, 6.07) is 0. The van der Waals surface area contributed by atoms with Gasteiger partial charge in [-0.2, -0.15) is 0 Å². The molecule has 1 unspecified atom stereocenters. The fourth-order valence-corrected chi connectivity index (χ4v) is 2.43. The second kappa shape index (κ2) is 4.91. The van der Waals surface area contributed by atoms with Gasteiger partial charge in [-0.3, -0.25) is 4.79 Å². The van der Waals surface area contributed by atoms with Crippen LogP contribution in [0.1, 0.15) is 33.6 Å². The molecule has 1 aliphatic heterocycles. The molecule has 0 aromatic carbocycles. The lowest BCUT2D eigenvalue weighted by atomic mass is 9.86. The smallest absolute Gasteiger partial charge is 0.314 e. The molecular formula is C15H20O2. The van der Waals surface area contributed by atoms with Crippen LogP contribution in [0.2, 0.25) is 0 Å². The maximum absolute atomic E-state index is 11.6. The maximum Gasteiger partial charge on any atom is 0.314 e. The molecule has 0 aromatic rings. The predicted octanol–water partition coefficient (Wildman–Crippen LogP) is 3.61. The minimum absolute atomic E-state index is 0.00431. The fourth-order valence-electron chi connectivity index (χ4n) is 2.43. The summed E-state index contributed by atoms with van der Waals surface area (Å²) >= 11 is 0. The molecule has 3 atom stereocenters. The third-order valence-electron chi connectivity index (χ3n) is 3.66. The minimum Gasteiger partial charge on any atom is -0.431 e. The Bertz CT molecular complexity index is 401. The maximum atomic E-state index is 11.6. The summed E-state index contributed by atoms with van der Waals surface area (Å²) in [5, 5.41) is 0. The highest BCUT2D eigenvalue weighted by molar-refractivity contribution is 5.77. The number of ether oxygens (including phenoxy) is 1. The minimum atomic E-state index is -0.0751. The molecule has 0 bridgehead atoms. The topological polar surface area (TPSA) is 26.3 Å². The largest absolute Gasteiger partial charge is 0.431 e. The average Bonchev–Trinajstić information content (AvgIpc) is 2.52. The Morgan fingerprint density at radius 1 is 1.29 bits per heavy atom. The molecule has 2 rings (SSSR count).